The number of nitrogens with one attached hydrogen (secondary N) is 1. The molecule has 1 aliphatic rings. The highest BCUT2D eigenvalue weighted by Gasteiger charge is 2.36. The third kappa shape index (κ3) is 6.80. The second-order valence-electron chi connectivity index (χ2n) is 9.63. The fraction of sp³-hybridized carbons (Fsp3) is 0.321. The monoisotopic (exact) mass is 584 g/mol. The summed E-state index contributed by atoms with van der Waals surface area (Å²) in [7, 11) is 0. The highest BCUT2D eigenvalue weighted by atomic mass is 32.1. The van der Waals surface area contributed by atoms with Crippen LogP contribution in [0.25, 0.3) is 10.7 Å². The van der Waals surface area contributed by atoms with Gasteiger partial charge < -0.3 is 10.1 Å². The Morgan fingerprint density at radius 3 is 2.66 bits per heavy atom. The molecule has 2 atom stereocenters. The number of aromatic nitrogens is 4. The van der Waals surface area contributed by atoms with Gasteiger partial charge in [0.05, 0.1) is 16.5 Å². The molecule has 0 spiro atoms. The lowest BCUT2D eigenvalue weighted by Gasteiger charge is -2.32. The van der Waals surface area contributed by atoms with Crippen LogP contribution in [0.5, 0.6) is 0 Å². The van der Waals surface area contributed by atoms with Crippen molar-refractivity contribution in [3.8, 4) is 10.7 Å². The molecule has 0 unspecified atom stereocenters. The molecule has 3 heterocycles. The molecule has 1 N–H and O–H groups in total. The quantitative estimate of drug-likeness (QED) is 0.303. The Bertz CT molecular complexity index is 1480. The highest BCUT2D eigenvalue weighted by Crippen LogP contribution is 2.35. The first-order valence-electron chi connectivity index (χ1n) is 13.0. The molecule has 5 rings (SSSR count). The highest BCUT2D eigenvalue weighted by molar-refractivity contribution is 7.13. The predicted octanol–water partition coefficient (Wildman–Crippen LogP) is 4.80. The summed E-state index contributed by atoms with van der Waals surface area (Å²) >= 11 is 1.39. The van der Waals surface area contributed by atoms with Crippen LogP contribution in [0.15, 0.2) is 66.0 Å². The van der Waals surface area contributed by atoms with Gasteiger partial charge >= 0.3 is 6.18 Å². The largest absolute Gasteiger partial charge is 0.416 e. The number of nitrogens with zero attached hydrogens (tertiary/aromatic N) is 5. The molecule has 9 nitrogen and oxygen atoms in total. The van der Waals surface area contributed by atoms with Gasteiger partial charge in [-0.25, -0.2) is 0 Å². The van der Waals surface area contributed by atoms with Crippen LogP contribution in [0.1, 0.15) is 35.6 Å². The van der Waals surface area contributed by atoms with Crippen LogP contribution >= 0.6 is 11.3 Å². The number of halogens is 3. The smallest absolute Gasteiger partial charge is 0.376 e. The molecule has 0 bridgehead atoms. The predicted molar refractivity (Wildman–Crippen MR) is 146 cm³/mol. The van der Waals surface area contributed by atoms with Gasteiger partial charge in [-0.05, 0) is 60.2 Å². The fourth-order valence-corrected chi connectivity index (χ4v) is 5.21. The molecule has 2 amide bonds. The van der Waals surface area contributed by atoms with Gasteiger partial charge in [-0.3, -0.25) is 14.5 Å². The van der Waals surface area contributed by atoms with E-state index in [1.54, 1.807) is 30.3 Å². The van der Waals surface area contributed by atoms with Gasteiger partial charge in [0.2, 0.25) is 11.7 Å². The number of benzene rings is 2. The molecule has 1 aliphatic heterocycles. The molecule has 0 saturated carbocycles. The van der Waals surface area contributed by atoms with Crippen LogP contribution in [0.3, 0.4) is 0 Å². The SMILES string of the molecule is Cc1ccc([C@@H](C(=O)NC[C@@H]2CCCO2)N(C(=O)Cn2nnc(-c3cccs3)n2)c2cccc(C(F)(F)F)c2)cc1. The summed E-state index contributed by atoms with van der Waals surface area (Å²) in [4.78, 5) is 30.6. The van der Waals surface area contributed by atoms with Crippen LogP contribution < -0.4 is 10.2 Å². The number of hydrogen-bond acceptors (Lipinski definition) is 7. The molecular formula is C28H27F3N6O3S. The van der Waals surface area contributed by atoms with Gasteiger partial charge in [0.15, 0.2) is 0 Å². The molecule has 13 heteroatoms. The molecule has 41 heavy (non-hydrogen) atoms. The van der Waals surface area contributed by atoms with Gasteiger partial charge in [0.25, 0.3) is 5.91 Å². The van der Waals surface area contributed by atoms with Gasteiger partial charge in [-0.15, -0.1) is 21.5 Å². The maximum Gasteiger partial charge on any atom is 0.416 e. The number of carbonyl (C=O) groups excluding carboxylic acids is 2. The molecule has 2 aromatic heterocycles. The lowest BCUT2D eigenvalue weighted by molar-refractivity contribution is -0.137. The zero-order valence-electron chi connectivity index (χ0n) is 22.0. The summed E-state index contributed by atoms with van der Waals surface area (Å²) < 4.78 is 46.7. The first-order valence-corrected chi connectivity index (χ1v) is 13.8. The minimum Gasteiger partial charge on any atom is -0.376 e. The molecule has 214 valence electrons. The number of hydrogen-bond donors (Lipinski definition) is 1. The van der Waals surface area contributed by atoms with Gasteiger partial charge in [-0.1, -0.05) is 42.0 Å². The molecule has 2 aromatic carbocycles. The number of amides is 2. The normalized spacial score (nSPS) is 16.0. The maximum absolute atomic E-state index is 13.9. The van der Waals surface area contributed by atoms with Gasteiger partial charge in [0.1, 0.15) is 12.6 Å². The van der Waals surface area contributed by atoms with E-state index in [0.29, 0.717) is 18.0 Å². The second-order valence-corrected chi connectivity index (χ2v) is 10.6. The van der Waals surface area contributed by atoms with E-state index >= 15 is 0 Å². The Kier molecular flexibility index (Phi) is 8.45. The average molecular weight is 585 g/mol. The summed E-state index contributed by atoms with van der Waals surface area (Å²) in [6.07, 6.45) is -3.19. The standard InChI is InChI=1S/C28H27F3N6O3S/c1-18-9-11-19(12-10-18)25(27(39)32-16-22-7-3-13-40-22)37(21-6-2-5-20(15-21)28(29,30)31)24(38)17-36-34-26(33-35-36)23-8-4-14-41-23/h2,4-6,8-12,14-15,22,25H,3,7,13,16-17H2,1H3,(H,32,39)/t22-,25-/m0/s1. The number of ether oxygens (including phenoxy) is 1. The maximum atomic E-state index is 13.9. The zero-order chi connectivity index (χ0) is 29.0. The van der Waals surface area contributed by atoms with E-state index in [-0.39, 0.29) is 18.3 Å². The third-order valence-electron chi connectivity index (χ3n) is 6.62. The minimum atomic E-state index is -4.66. The van der Waals surface area contributed by atoms with E-state index in [9.17, 15) is 22.8 Å². The number of carbonyl (C=O) groups is 2. The Morgan fingerprint density at radius 1 is 1.17 bits per heavy atom. The zero-order valence-corrected chi connectivity index (χ0v) is 22.9. The summed E-state index contributed by atoms with van der Waals surface area (Å²) in [5, 5.41) is 16.9. The van der Waals surface area contributed by atoms with E-state index < -0.39 is 36.1 Å². The van der Waals surface area contributed by atoms with Crippen LogP contribution in [-0.2, 0) is 27.0 Å². The molecule has 0 radical (unpaired) electrons. The van der Waals surface area contributed by atoms with E-state index in [0.717, 1.165) is 45.1 Å². The molecule has 0 aliphatic carbocycles. The van der Waals surface area contributed by atoms with Crippen molar-refractivity contribution in [2.45, 2.75) is 44.6 Å². The van der Waals surface area contributed by atoms with Crippen molar-refractivity contribution in [1.82, 2.24) is 25.5 Å². The number of rotatable bonds is 9. The van der Waals surface area contributed by atoms with E-state index in [4.69, 9.17) is 4.74 Å². The Labute approximate surface area is 237 Å². The molecular weight excluding hydrogens is 557 g/mol. The second kappa shape index (κ2) is 12.2. The summed E-state index contributed by atoms with van der Waals surface area (Å²) in [6, 6.07) is 13.6. The first kappa shape index (κ1) is 28.4. The minimum absolute atomic E-state index is 0.0961. The lowest BCUT2D eigenvalue weighted by Crippen LogP contribution is -2.46. The lowest BCUT2D eigenvalue weighted by atomic mass is 10.0. The summed E-state index contributed by atoms with van der Waals surface area (Å²) in [5.74, 6) is -0.943. The molecule has 4 aromatic rings. The van der Waals surface area contributed by atoms with Crippen LogP contribution in [-0.4, -0.2) is 51.3 Å². The topological polar surface area (TPSA) is 102 Å². The number of alkyl halides is 3. The van der Waals surface area contributed by atoms with E-state index in [1.807, 2.05) is 18.4 Å². The number of thiophene rings is 1. The van der Waals surface area contributed by atoms with E-state index in [1.165, 1.54) is 23.5 Å². The first-order chi connectivity index (χ1) is 19.7. The fourth-order valence-electron chi connectivity index (χ4n) is 4.56. The van der Waals surface area contributed by atoms with Crippen molar-refractivity contribution in [2.24, 2.45) is 0 Å². The Morgan fingerprint density at radius 2 is 1.98 bits per heavy atom. The van der Waals surface area contributed by atoms with Gasteiger partial charge in [-0.2, -0.15) is 18.0 Å². The van der Waals surface area contributed by atoms with Crippen molar-refractivity contribution < 1.29 is 27.5 Å². The van der Waals surface area contributed by atoms with Crippen LogP contribution in [0.4, 0.5) is 18.9 Å². The Hall–Kier alpha value is -4.10. The summed E-state index contributed by atoms with van der Waals surface area (Å²) in [6.45, 7) is 2.21. The average Bonchev–Trinajstić information content (AvgIpc) is 3.74. The van der Waals surface area contributed by atoms with Crippen molar-refractivity contribution in [3.63, 3.8) is 0 Å². The van der Waals surface area contributed by atoms with Crippen LogP contribution in [0.2, 0.25) is 0 Å². The van der Waals surface area contributed by atoms with Crippen molar-refractivity contribution >= 4 is 28.8 Å². The van der Waals surface area contributed by atoms with Gasteiger partial charge in [0, 0.05) is 18.8 Å². The molecule has 1 saturated heterocycles. The number of aryl methyl sites for hydroxylation is 1. The van der Waals surface area contributed by atoms with Crippen molar-refractivity contribution in [1.29, 1.82) is 0 Å². The number of tetrazole rings is 1. The van der Waals surface area contributed by atoms with Crippen molar-refractivity contribution in [3.05, 3.63) is 82.7 Å². The number of anilines is 1. The third-order valence-corrected chi connectivity index (χ3v) is 7.48. The Balaban J connectivity index is 1.53. The summed E-state index contributed by atoms with van der Waals surface area (Å²) in [5.41, 5.74) is 0.296. The van der Waals surface area contributed by atoms with E-state index in [2.05, 4.69) is 20.7 Å². The van der Waals surface area contributed by atoms with Crippen molar-refractivity contribution in [2.75, 3.05) is 18.1 Å². The molecule has 1 fully saturated rings. The van der Waals surface area contributed by atoms with Crippen LogP contribution in [0, 0.1) is 6.92 Å².